The first kappa shape index (κ1) is 20.0. The molecular weight excluding hydrogens is 250 g/mol. The summed E-state index contributed by atoms with van der Waals surface area (Å²) >= 11 is 0. The van der Waals surface area contributed by atoms with Gasteiger partial charge in [-0.15, -0.1) is 12.4 Å². The van der Waals surface area contributed by atoms with Crippen LogP contribution in [0.1, 0.15) is 71.1 Å². The Balaban J connectivity index is 0. The molecule has 0 heterocycles. The van der Waals surface area contributed by atoms with Crippen LogP contribution in [-0.2, 0) is 4.79 Å². The van der Waals surface area contributed by atoms with E-state index in [1.165, 1.54) is 51.4 Å². The van der Waals surface area contributed by atoms with Gasteiger partial charge in [-0.2, -0.15) is 0 Å². The van der Waals surface area contributed by atoms with Crippen molar-refractivity contribution in [2.24, 2.45) is 0 Å². The molecule has 0 aliphatic carbocycles. The maximum Gasteiger partial charge on any atom is 0.303 e. The lowest BCUT2D eigenvalue weighted by Crippen LogP contribution is -2.17. The minimum absolute atomic E-state index is 0. The predicted octanol–water partition coefficient (Wildman–Crippen LogP) is 4.00. The molecule has 0 unspecified atom stereocenters. The zero-order chi connectivity index (χ0) is 12.8. The minimum Gasteiger partial charge on any atom is -0.481 e. The Bertz CT molecular complexity index is 177. The summed E-state index contributed by atoms with van der Waals surface area (Å²) in [7, 11) is 0. The van der Waals surface area contributed by atoms with Gasteiger partial charge in [0.05, 0.1) is 0 Å². The Hall–Kier alpha value is -0.280. The number of unbranched alkanes of at least 4 members (excludes halogenated alkanes) is 7. The van der Waals surface area contributed by atoms with Gasteiger partial charge in [0.25, 0.3) is 0 Å². The zero-order valence-electron chi connectivity index (χ0n) is 11.7. The number of hydrogen-bond donors (Lipinski definition) is 2. The van der Waals surface area contributed by atoms with Crippen molar-refractivity contribution < 1.29 is 9.90 Å². The molecule has 0 amide bonds. The lowest BCUT2D eigenvalue weighted by molar-refractivity contribution is -0.137. The number of halogens is 1. The average molecular weight is 280 g/mol. The Kier molecular flexibility index (Phi) is 18.6. The average Bonchev–Trinajstić information content (AvgIpc) is 2.30. The third-order valence-corrected chi connectivity index (χ3v) is 2.95. The summed E-state index contributed by atoms with van der Waals surface area (Å²) in [6.45, 7) is 4.12. The van der Waals surface area contributed by atoms with Gasteiger partial charge in [-0.05, 0) is 25.9 Å². The molecule has 0 aromatic heterocycles. The quantitative estimate of drug-likeness (QED) is 0.501. The first-order valence-electron chi connectivity index (χ1n) is 7.20. The van der Waals surface area contributed by atoms with Crippen LogP contribution < -0.4 is 5.32 Å². The Morgan fingerprint density at radius 3 is 1.94 bits per heavy atom. The highest BCUT2D eigenvalue weighted by atomic mass is 35.5. The first-order valence-corrected chi connectivity index (χ1v) is 7.20. The smallest absolute Gasteiger partial charge is 0.303 e. The fourth-order valence-corrected chi connectivity index (χ4v) is 1.87. The number of hydrogen-bond acceptors (Lipinski definition) is 2. The summed E-state index contributed by atoms with van der Waals surface area (Å²) < 4.78 is 0. The van der Waals surface area contributed by atoms with Crippen LogP contribution in [0.5, 0.6) is 0 Å². The van der Waals surface area contributed by atoms with Gasteiger partial charge in [0.2, 0.25) is 0 Å². The van der Waals surface area contributed by atoms with Crippen LogP contribution >= 0.6 is 12.4 Å². The largest absolute Gasteiger partial charge is 0.481 e. The number of carboxylic acids is 1. The molecular formula is C14H30ClNO2. The molecule has 18 heavy (non-hydrogen) atoms. The maximum absolute atomic E-state index is 10.3. The lowest BCUT2D eigenvalue weighted by Gasteiger charge is -2.04. The molecule has 0 bridgehead atoms. The van der Waals surface area contributed by atoms with E-state index in [1.54, 1.807) is 0 Å². The van der Waals surface area contributed by atoms with Gasteiger partial charge in [-0.25, -0.2) is 0 Å². The lowest BCUT2D eigenvalue weighted by atomic mass is 10.1. The van der Waals surface area contributed by atoms with Gasteiger partial charge in [-0.3, -0.25) is 4.79 Å². The predicted molar refractivity (Wildman–Crippen MR) is 79.6 cm³/mol. The highest BCUT2D eigenvalue weighted by Crippen LogP contribution is 2.07. The van der Waals surface area contributed by atoms with Crippen molar-refractivity contribution in [1.82, 2.24) is 5.32 Å². The molecule has 0 atom stereocenters. The number of carboxylic acid groups (broad SMARTS) is 1. The van der Waals surface area contributed by atoms with Crippen molar-refractivity contribution in [3.8, 4) is 0 Å². The molecule has 0 aliphatic rings. The second-order valence-electron chi connectivity index (χ2n) is 4.72. The van der Waals surface area contributed by atoms with Crippen molar-refractivity contribution in [1.29, 1.82) is 0 Å². The van der Waals surface area contributed by atoms with Crippen molar-refractivity contribution in [3.05, 3.63) is 0 Å². The van der Waals surface area contributed by atoms with E-state index < -0.39 is 5.97 Å². The van der Waals surface area contributed by atoms with Crippen molar-refractivity contribution in [3.63, 3.8) is 0 Å². The second kappa shape index (κ2) is 16.7. The SMILES string of the molecule is CCCCCCCCCCNCCCC(=O)O.Cl. The molecule has 0 fully saturated rings. The van der Waals surface area contributed by atoms with E-state index in [-0.39, 0.29) is 18.8 Å². The summed E-state index contributed by atoms with van der Waals surface area (Å²) in [6, 6.07) is 0. The van der Waals surface area contributed by atoms with Crippen LogP contribution in [0.3, 0.4) is 0 Å². The summed E-state index contributed by atoms with van der Waals surface area (Å²) in [6.07, 6.45) is 11.8. The molecule has 0 spiro atoms. The van der Waals surface area contributed by atoms with Crippen molar-refractivity contribution >= 4 is 18.4 Å². The molecule has 0 aliphatic heterocycles. The van der Waals surface area contributed by atoms with Gasteiger partial charge in [0.1, 0.15) is 0 Å². The first-order chi connectivity index (χ1) is 8.27. The maximum atomic E-state index is 10.3. The summed E-state index contributed by atoms with van der Waals surface area (Å²) in [4.78, 5) is 10.3. The molecule has 0 saturated heterocycles. The van der Waals surface area contributed by atoms with Crippen LogP contribution in [0.4, 0.5) is 0 Å². The highest BCUT2D eigenvalue weighted by molar-refractivity contribution is 5.85. The molecule has 0 saturated carbocycles. The Morgan fingerprint density at radius 1 is 0.889 bits per heavy atom. The van der Waals surface area contributed by atoms with E-state index in [9.17, 15) is 4.79 Å². The van der Waals surface area contributed by atoms with Crippen molar-refractivity contribution in [2.45, 2.75) is 71.1 Å². The Morgan fingerprint density at radius 2 is 1.39 bits per heavy atom. The molecule has 2 N–H and O–H groups in total. The number of rotatable bonds is 13. The van der Waals surface area contributed by atoms with E-state index in [2.05, 4.69) is 12.2 Å². The second-order valence-corrected chi connectivity index (χ2v) is 4.72. The van der Waals surface area contributed by atoms with E-state index in [1.807, 2.05) is 0 Å². The Labute approximate surface area is 118 Å². The van der Waals surface area contributed by atoms with E-state index in [4.69, 9.17) is 5.11 Å². The third kappa shape index (κ3) is 18.1. The monoisotopic (exact) mass is 279 g/mol. The van der Waals surface area contributed by atoms with Crippen LogP contribution in [0.2, 0.25) is 0 Å². The van der Waals surface area contributed by atoms with Crippen LogP contribution in [0, 0.1) is 0 Å². The fraction of sp³-hybridized carbons (Fsp3) is 0.929. The molecule has 4 heteroatoms. The molecule has 0 rings (SSSR count). The molecule has 0 radical (unpaired) electrons. The molecule has 110 valence electrons. The standard InChI is InChI=1S/C14H29NO2.ClH/c1-2-3-4-5-6-7-8-9-12-15-13-10-11-14(16)17;/h15H,2-13H2,1H3,(H,16,17);1H. The van der Waals surface area contributed by atoms with E-state index in [0.717, 1.165) is 19.5 Å². The van der Waals surface area contributed by atoms with Crippen molar-refractivity contribution in [2.75, 3.05) is 13.1 Å². The van der Waals surface area contributed by atoms with Crippen LogP contribution in [-0.4, -0.2) is 24.2 Å². The summed E-state index contributed by atoms with van der Waals surface area (Å²) in [5.41, 5.74) is 0. The van der Waals surface area contributed by atoms with Gasteiger partial charge < -0.3 is 10.4 Å². The van der Waals surface area contributed by atoms with Gasteiger partial charge in [0, 0.05) is 6.42 Å². The van der Waals surface area contributed by atoms with E-state index in [0.29, 0.717) is 0 Å². The zero-order valence-corrected chi connectivity index (χ0v) is 12.6. The van der Waals surface area contributed by atoms with Crippen LogP contribution in [0.25, 0.3) is 0 Å². The highest BCUT2D eigenvalue weighted by Gasteiger charge is 1.95. The molecule has 0 aromatic carbocycles. The molecule has 3 nitrogen and oxygen atoms in total. The third-order valence-electron chi connectivity index (χ3n) is 2.95. The summed E-state index contributed by atoms with van der Waals surface area (Å²) in [5, 5.41) is 11.7. The van der Waals surface area contributed by atoms with Gasteiger partial charge >= 0.3 is 5.97 Å². The van der Waals surface area contributed by atoms with Gasteiger partial charge in [-0.1, -0.05) is 51.9 Å². The van der Waals surface area contributed by atoms with Gasteiger partial charge in [0.15, 0.2) is 0 Å². The fourth-order valence-electron chi connectivity index (χ4n) is 1.87. The normalized spacial score (nSPS) is 10.1. The topological polar surface area (TPSA) is 49.3 Å². The number of nitrogens with one attached hydrogen (secondary N) is 1. The minimum atomic E-state index is -0.695. The molecule has 0 aromatic rings. The number of carbonyl (C=O) groups is 1. The van der Waals surface area contributed by atoms with Crippen LogP contribution in [0.15, 0.2) is 0 Å². The summed E-state index contributed by atoms with van der Waals surface area (Å²) in [5.74, 6) is -0.695. The number of aliphatic carboxylic acids is 1. The van der Waals surface area contributed by atoms with E-state index >= 15 is 0 Å².